The van der Waals surface area contributed by atoms with Crippen molar-refractivity contribution in [1.29, 1.82) is 0 Å². The Balaban J connectivity index is 2.19. The minimum atomic E-state index is -0.406. The number of alkyl halides is 1. The quantitative estimate of drug-likeness (QED) is 0.307. The average molecular weight is 410 g/mol. The van der Waals surface area contributed by atoms with Crippen LogP contribution in [0.5, 0.6) is 5.75 Å². The molecule has 0 aromatic heterocycles. The van der Waals surface area contributed by atoms with E-state index in [1.807, 2.05) is 12.1 Å². The second-order valence-electron chi connectivity index (χ2n) is 6.18. The van der Waals surface area contributed by atoms with Gasteiger partial charge in [-0.05, 0) is 41.8 Å². The molecule has 1 N–H and O–H groups in total. The van der Waals surface area contributed by atoms with Crippen molar-refractivity contribution in [1.82, 2.24) is 5.32 Å². The van der Waals surface area contributed by atoms with Crippen LogP contribution in [0.25, 0.3) is 0 Å². The van der Waals surface area contributed by atoms with Crippen LogP contribution in [-0.2, 0) is 5.54 Å². The number of hydrogen-bond donors (Lipinski definition) is 1. The van der Waals surface area contributed by atoms with Crippen LogP contribution < -0.4 is 10.1 Å². The maximum atomic E-state index is 5.37. The first-order chi connectivity index (χ1) is 12.8. The minimum absolute atomic E-state index is 0.406. The predicted molar refractivity (Wildman–Crippen MR) is 112 cm³/mol. The summed E-state index contributed by atoms with van der Waals surface area (Å²) >= 11 is 3.55. The van der Waals surface area contributed by atoms with Crippen LogP contribution in [0.15, 0.2) is 84.9 Å². The number of hydrogen-bond acceptors (Lipinski definition) is 2. The molecule has 0 aliphatic rings. The molecule has 0 unspecified atom stereocenters. The summed E-state index contributed by atoms with van der Waals surface area (Å²) in [5, 5.41) is 4.82. The van der Waals surface area contributed by atoms with Crippen LogP contribution in [0.4, 0.5) is 0 Å². The largest absolute Gasteiger partial charge is 0.497 e. The van der Waals surface area contributed by atoms with E-state index in [1.54, 1.807) is 7.11 Å². The van der Waals surface area contributed by atoms with E-state index in [4.69, 9.17) is 4.74 Å². The van der Waals surface area contributed by atoms with Crippen molar-refractivity contribution in [3.63, 3.8) is 0 Å². The molecule has 0 saturated heterocycles. The van der Waals surface area contributed by atoms with Crippen LogP contribution in [0, 0.1) is 0 Å². The zero-order valence-electron chi connectivity index (χ0n) is 15.0. The molecule has 3 aromatic carbocycles. The zero-order valence-corrected chi connectivity index (χ0v) is 16.6. The van der Waals surface area contributed by atoms with Crippen molar-refractivity contribution < 1.29 is 4.74 Å². The first-order valence-electron chi connectivity index (χ1n) is 8.88. The molecule has 0 saturated carbocycles. The number of halogens is 1. The SMILES string of the molecule is COc1ccc(C(NCCCBr)(c2ccccc2)c2ccccc2)cc1. The summed E-state index contributed by atoms with van der Waals surface area (Å²) in [6.07, 6.45) is 1.05. The summed E-state index contributed by atoms with van der Waals surface area (Å²) < 4.78 is 5.37. The maximum Gasteiger partial charge on any atom is 0.118 e. The summed E-state index contributed by atoms with van der Waals surface area (Å²) in [6.45, 7) is 0.904. The second-order valence-corrected chi connectivity index (χ2v) is 6.97. The molecule has 0 radical (unpaired) electrons. The molecule has 0 aliphatic carbocycles. The normalized spacial score (nSPS) is 11.3. The Hall–Kier alpha value is -2.10. The second kappa shape index (κ2) is 9.02. The predicted octanol–water partition coefficient (Wildman–Crippen LogP) is 5.36. The first-order valence-corrected chi connectivity index (χ1v) is 10.00. The molecule has 3 rings (SSSR count). The van der Waals surface area contributed by atoms with Crippen LogP contribution in [-0.4, -0.2) is 19.0 Å². The number of benzene rings is 3. The first kappa shape index (κ1) is 18.7. The topological polar surface area (TPSA) is 21.3 Å². The van der Waals surface area contributed by atoms with E-state index < -0.39 is 5.54 Å². The molecule has 0 atom stereocenters. The Morgan fingerprint density at radius 1 is 0.769 bits per heavy atom. The van der Waals surface area contributed by atoms with Gasteiger partial charge in [-0.25, -0.2) is 0 Å². The Bertz CT molecular complexity index is 748. The molecule has 0 fully saturated rings. The van der Waals surface area contributed by atoms with E-state index in [1.165, 1.54) is 16.7 Å². The van der Waals surface area contributed by atoms with Crippen molar-refractivity contribution >= 4 is 15.9 Å². The molecular weight excluding hydrogens is 386 g/mol. The number of nitrogens with one attached hydrogen (secondary N) is 1. The van der Waals surface area contributed by atoms with Crippen molar-refractivity contribution in [3.8, 4) is 5.75 Å². The van der Waals surface area contributed by atoms with Gasteiger partial charge in [0.25, 0.3) is 0 Å². The average Bonchev–Trinajstić information content (AvgIpc) is 2.73. The Morgan fingerprint density at radius 2 is 1.27 bits per heavy atom. The van der Waals surface area contributed by atoms with Crippen molar-refractivity contribution in [2.24, 2.45) is 0 Å². The third-order valence-corrected chi connectivity index (χ3v) is 5.20. The molecule has 3 heteroatoms. The lowest BCUT2D eigenvalue weighted by molar-refractivity contribution is 0.413. The van der Waals surface area contributed by atoms with Crippen LogP contribution in [0.1, 0.15) is 23.1 Å². The lowest BCUT2D eigenvalue weighted by Crippen LogP contribution is -2.45. The fraction of sp³-hybridized carbons (Fsp3) is 0.217. The third kappa shape index (κ3) is 3.84. The highest BCUT2D eigenvalue weighted by Crippen LogP contribution is 2.37. The van der Waals surface area contributed by atoms with Gasteiger partial charge in [-0.1, -0.05) is 88.7 Å². The molecule has 134 valence electrons. The zero-order chi connectivity index (χ0) is 18.2. The molecule has 0 aliphatic heterocycles. The summed E-state index contributed by atoms with van der Waals surface area (Å²) in [5.74, 6) is 0.865. The van der Waals surface area contributed by atoms with Gasteiger partial charge in [-0.2, -0.15) is 0 Å². The van der Waals surface area contributed by atoms with Gasteiger partial charge in [0, 0.05) is 5.33 Å². The summed E-state index contributed by atoms with van der Waals surface area (Å²) in [5.41, 5.74) is 3.25. The van der Waals surface area contributed by atoms with E-state index in [-0.39, 0.29) is 0 Å². The molecule has 0 spiro atoms. The van der Waals surface area contributed by atoms with E-state index in [0.29, 0.717) is 0 Å². The van der Waals surface area contributed by atoms with Gasteiger partial charge in [-0.15, -0.1) is 0 Å². The molecule has 26 heavy (non-hydrogen) atoms. The van der Waals surface area contributed by atoms with Gasteiger partial charge < -0.3 is 4.74 Å². The summed E-state index contributed by atoms with van der Waals surface area (Å²) in [6, 6.07) is 29.7. The smallest absolute Gasteiger partial charge is 0.118 e. The number of rotatable bonds is 8. The van der Waals surface area contributed by atoms with E-state index >= 15 is 0 Å². The van der Waals surface area contributed by atoms with Gasteiger partial charge in [0.15, 0.2) is 0 Å². The summed E-state index contributed by atoms with van der Waals surface area (Å²) in [4.78, 5) is 0. The molecule has 0 heterocycles. The Morgan fingerprint density at radius 3 is 1.73 bits per heavy atom. The minimum Gasteiger partial charge on any atom is -0.497 e. The van der Waals surface area contributed by atoms with Crippen LogP contribution >= 0.6 is 15.9 Å². The van der Waals surface area contributed by atoms with Crippen molar-refractivity contribution in [2.75, 3.05) is 19.0 Å². The third-order valence-electron chi connectivity index (χ3n) is 4.64. The van der Waals surface area contributed by atoms with Crippen LogP contribution in [0.3, 0.4) is 0 Å². The number of methoxy groups -OCH3 is 1. The van der Waals surface area contributed by atoms with Gasteiger partial charge in [0.1, 0.15) is 5.75 Å². The molecule has 2 nitrogen and oxygen atoms in total. The van der Waals surface area contributed by atoms with Gasteiger partial charge >= 0.3 is 0 Å². The monoisotopic (exact) mass is 409 g/mol. The molecule has 0 amide bonds. The highest BCUT2D eigenvalue weighted by molar-refractivity contribution is 9.09. The van der Waals surface area contributed by atoms with E-state index in [0.717, 1.165) is 24.0 Å². The highest BCUT2D eigenvalue weighted by atomic mass is 79.9. The van der Waals surface area contributed by atoms with E-state index in [9.17, 15) is 0 Å². The van der Waals surface area contributed by atoms with Gasteiger partial charge in [0.05, 0.1) is 12.6 Å². The molecule has 0 bridgehead atoms. The Kier molecular flexibility index (Phi) is 6.48. The lowest BCUT2D eigenvalue weighted by Gasteiger charge is -2.37. The van der Waals surface area contributed by atoms with Crippen molar-refractivity contribution in [2.45, 2.75) is 12.0 Å². The van der Waals surface area contributed by atoms with Gasteiger partial charge in [0.2, 0.25) is 0 Å². The summed E-state index contributed by atoms with van der Waals surface area (Å²) in [7, 11) is 1.70. The number of ether oxygens (including phenoxy) is 1. The molecule has 3 aromatic rings. The van der Waals surface area contributed by atoms with Gasteiger partial charge in [-0.3, -0.25) is 5.32 Å². The fourth-order valence-electron chi connectivity index (χ4n) is 3.37. The Labute approximate surface area is 164 Å². The maximum absolute atomic E-state index is 5.37. The lowest BCUT2D eigenvalue weighted by atomic mass is 9.77. The fourth-order valence-corrected chi connectivity index (χ4v) is 3.65. The van der Waals surface area contributed by atoms with E-state index in [2.05, 4.69) is 94.0 Å². The van der Waals surface area contributed by atoms with Crippen molar-refractivity contribution in [3.05, 3.63) is 102 Å². The van der Waals surface area contributed by atoms with Crippen LogP contribution in [0.2, 0.25) is 0 Å². The molecular formula is C23H24BrNO. The highest BCUT2D eigenvalue weighted by Gasteiger charge is 2.35. The standard InChI is InChI=1S/C23H24BrNO/c1-26-22-15-13-21(14-16-22)23(25-18-8-17-24,19-9-4-2-5-10-19)20-11-6-3-7-12-20/h2-7,9-16,25H,8,17-18H2,1H3.